The van der Waals surface area contributed by atoms with Crippen LogP contribution in [0.4, 0.5) is 0 Å². The van der Waals surface area contributed by atoms with Gasteiger partial charge >= 0.3 is 0 Å². The molecule has 5 heteroatoms. The minimum atomic E-state index is 0.299. The fourth-order valence-electron chi connectivity index (χ4n) is 3.36. The summed E-state index contributed by atoms with van der Waals surface area (Å²) in [6.45, 7) is 7.95. The Morgan fingerprint density at radius 1 is 1.04 bits per heavy atom. The van der Waals surface area contributed by atoms with Crippen molar-refractivity contribution >= 4 is 5.96 Å². The maximum atomic E-state index is 5.84. The number of hydrogen-bond donors (Lipinski definition) is 0. The maximum Gasteiger partial charge on any atom is 0.195 e. The molecule has 2 atom stereocenters. The van der Waals surface area contributed by atoms with Crippen LogP contribution in [0, 0.1) is 0 Å². The van der Waals surface area contributed by atoms with Crippen molar-refractivity contribution in [1.82, 2.24) is 14.7 Å². The lowest BCUT2D eigenvalue weighted by Crippen LogP contribution is -2.44. The molecule has 1 aromatic carbocycles. The highest BCUT2D eigenvalue weighted by atomic mass is 16.5. The highest BCUT2D eigenvalue weighted by Crippen LogP contribution is 2.17. The summed E-state index contributed by atoms with van der Waals surface area (Å²) >= 11 is 0. The first-order valence-electron chi connectivity index (χ1n) is 8.70. The summed E-state index contributed by atoms with van der Waals surface area (Å²) in [7, 11) is 8.12. The van der Waals surface area contributed by atoms with Crippen LogP contribution in [-0.4, -0.2) is 74.1 Å². The van der Waals surface area contributed by atoms with Gasteiger partial charge in [-0.3, -0.25) is 4.90 Å². The van der Waals surface area contributed by atoms with Crippen LogP contribution in [0.3, 0.4) is 0 Å². The Morgan fingerprint density at radius 3 is 2.12 bits per heavy atom. The van der Waals surface area contributed by atoms with E-state index in [1.165, 1.54) is 11.1 Å². The first-order valence-corrected chi connectivity index (χ1v) is 8.70. The van der Waals surface area contributed by atoms with E-state index in [1.807, 2.05) is 38.0 Å². The van der Waals surface area contributed by atoms with Crippen LogP contribution in [-0.2, 0) is 17.8 Å². The van der Waals surface area contributed by atoms with E-state index in [9.17, 15) is 0 Å². The molecule has 5 nitrogen and oxygen atoms in total. The lowest BCUT2D eigenvalue weighted by atomic mass is 10.1. The van der Waals surface area contributed by atoms with E-state index in [1.54, 1.807) is 0 Å². The zero-order chi connectivity index (χ0) is 17.7. The molecule has 0 radical (unpaired) electrons. The molecule has 24 heavy (non-hydrogen) atoms. The van der Waals surface area contributed by atoms with Gasteiger partial charge in [0.15, 0.2) is 5.96 Å². The van der Waals surface area contributed by atoms with Crippen molar-refractivity contribution in [2.45, 2.75) is 39.1 Å². The van der Waals surface area contributed by atoms with Gasteiger partial charge in [0, 0.05) is 47.8 Å². The van der Waals surface area contributed by atoms with Gasteiger partial charge in [-0.25, -0.2) is 4.99 Å². The average Bonchev–Trinajstić information content (AvgIpc) is 2.47. The molecule has 2 unspecified atom stereocenters. The van der Waals surface area contributed by atoms with Crippen molar-refractivity contribution in [3.8, 4) is 0 Å². The predicted octanol–water partition coefficient (Wildman–Crippen LogP) is 2.28. The number of morpholine rings is 1. The molecule has 2 rings (SSSR count). The molecular weight excluding hydrogens is 300 g/mol. The van der Waals surface area contributed by atoms with Crippen LogP contribution in [0.2, 0.25) is 0 Å². The smallest absolute Gasteiger partial charge is 0.195 e. The van der Waals surface area contributed by atoms with E-state index < -0.39 is 0 Å². The Labute approximate surface area is 146 Å². The molecule has 1 heterocycles. The Balaban J connectivity index is 2.11. The van der Waals surface area contributed by atoms with Crippen LogP contribution in [0.15, 0.2) is 29.3 Å². The molecule has 1 aliphatic rings. The zero-order valence-electron chi connectivity index (χ0n) is 16.0. The molecule has 0 bridgehead atoms. The van der Waals surface area contributed by atoms with Gasteiger partial charge in [0.2, 0.25) is 0 Å². The van der Waals surface area contributed by atoms with E-state index in [0.29, 0.717) is 18.8 Å². The Kier molecular flexibility index (Phi) is 6.63. The molecule has 1 aromatic rings. The minimum Gasteiger partial charge on any atom is -0.373 e. The fourth-order valence-corrected chi connectivity index (χ4v) is 3.36. The molecule has 1 aliphatic heterocycles. The SMILES string of the molecule is CC1CN(Cc2ccccc2CN=C(N(C)C)N(C)C)CC(C)O1. The van der Waals surface area contributed by atoms with Crippen molar-refractivity contribution in [2.75, 3.05) is 41.3 Å². The quantitative estimate of drug-likeness (QED) is 0.625. The minimum absolute atomic E-state index is 0.299. The number of ether oxygens (including phenoxy) is 1. The molecule has 1 saturated heterocycles. The number of nitrogens with zero attached hydrogens (tertiary/aromatic N) is 4. The number of aliphatic imine (C=N–C) groups is 1. The molecule has 0 aliphatic carbocycles. The molecule has 0 amide bonds. The number of hydrogen-bond acceptors (Lipinski definition) is 3. The van der Waals surface area contributed by atoms with Crippen molar-refractivity contribution in [3.63, 3.8) is 0 Å². The summed E-state index contributed by atoms with van der Waals surface area (Å²) in [5.41, 5.74) is 2.66. The molecule has 0 spiro atoms. The Hall–Kier alpha value is -1.59. The van der Waals surface area contributed by atoms with Gasteiger partial charge in [-0.15, -0.1) is 0 Å². The van der Waals surface area contributed by atoms with Gasteiger partial charge in [0.25, 0.3) is 0 Å². The standard InChI is InChI=1S/C19H32N4O/c1-15-12-23(13-16(2)24-15)14-18-10-8-7-9-17(18)11-20-19(21(3)4)22(5)6/h7-10,15-16H,11-14H2,1-6H3. The van der Waals surface area contributed by atoms with Crippen molar-refractivity contribution in [1.29, 1.82) is 0 Å². The average molecular weight is 332 g/mol. The fraction of sp³-hybridized carbons (Fsp3) is 0.632. The van der Waals surface area contributed by atoms with E-state index in [-0.39, 0.29) is 0 Å². The van der Waals surface area contributed by atoms with Crippen LogP contribution < -0.4 is 0 Å². The van der Waals surface area contributed by atoms with E-state index in [2.05, 4.69) is 43.0 Å². The molecular formula is C19H32N4O. The predicted molar refractivity (Wildman–Crippen MR) is 100 cm³/mol. The third kappa shape index (κ3) is 5.21. The lowest BCUT2D eigenvalue weighted by molar-refractivity contribution is -0.0705. The van der Waals surface area contributed by atoms with Gasteiger partial charge in [0.1, 0.15) is 0 Å². The Morgan fingerprint density at radius 2 is 1.58 bits per heavy atom. The summed E-state index contributed by atoms with van der Waals surface area (Å²) in [6.07, 6.45) is 0.598. The van der Waals surface area contributed by atoms with Gasteiger partial charge in [0.05, 0.1) is 18.8 Å². The van der Waals surface area contributed by atoms with Crippen LogP contribution in [0.25, 0.3) is 0 Å². The summed E-state index contributed by atoms with van der Waals surface area (Å²) < 4.78 is 5.84. The second-order valence-corrected chi connectivity index (χ2v) is 7.13. The molecule has 0 saturated carbocycles. The number of guanidine groups is 1. The first kappa shape index (κ1) is 18.7. The highest BCUT2D eigenvalue weighted by Gasteiger charge is 2.22. The second-order valence-electron chi connectivity index (χ2n) is 7.13. The molecule has 134 valence electrons. The van der Waals surface area contributed by atoms with Gasteiger partial charge in [-0.2, -0.15) is 0 Å². The summed E-state index contributed by atoms with van der Waals surface area (Å²) in [4.78, 5) is 11.4. The third-order valence-corrected chi connectivity index (χ3v) is 4.20. The van der Waals surface area contributed by atoms with E-state index >= 15 is 0 Å². The largest absolute Gasteiger partial charge is 0.373 e. The molecule has 0 aromatic heterocycles. The number of benzene rings is 1. The summed E-state index contributed by atoms with van der Waals surface area (Å²) in [5.74, 6) is 0.985. The monoisotopic (exact) mass is 332 g/mol. The normalized spacial score (nSPS) is 21.4. The van der Waals surface area contributed by atoms with Gasteiger partial charge < -0.3 is 14.5 Å². The zero-order valence-corrected chi connectivity index (χ0v) is 16.0. The Bertz CT molecular complexity index is 536. The second kappa shape index (κ2) is 8.49. The maximum absolute atomic E-state index is 5.84. The summed E-state index contributed by atoms with van der Waals surface area (Å²) in [5, 5.41) is 0. The molecule has 0 N–H and O–H groups in total. The van der Waals surface area contributed by atoms with Gasteiger partial charge in [-0.05, 0) is 25.0 Å². The van der Waals surface area contributed by atoms with E-state index in [4.69, 9.17) is 9.73 Å². The van der Waals surface area contributed by atoms with E-state index in [0.717, 1.165) is 25.6 Å². The lowest BCUT2D eigenvalue weighted by Gasteiger charge is -2.35. The topological polar surface area (TPSA) is 31.3 Å². The van der Waals surface area contributed by atoms with Crippen molar-refractivity contribution in [3.05, 3.63) is 35.4 Å². The summed E-state index contributed by atoms with van der Waals surface area (Å²) in [6, 6.07) is 8.63. The van der Waals surface area contributed by atoms with Crippen molar-refractivity contribution in [2.24, 2.45) is 4.99 Å². The van der Waals surface area contributed by atoms with Crippen molar-refractivity contribution < 1.29 is 4.74 Å². The first-order chi connectivity index (χ1) is 11.4. The highest BCUT2D eigenvalue weighted by molar-refractivity contribution is 5.79. The van der Waals surface area contributed by atoms with Crippen LogP contribution >= 0.6 is 0 Å². The number of rotatable bonds is 4. The van der Waals surface area contributed by atoms with Gasteiger partial charge in [-0.1, -0.05) is 24.3 Å². The van der Waals surface area contributed by atoms with Crippen LogP contribution in [0.5, 0.6) is 0 Å². The van der Waals surface area contributed by atoms with Crippen LogP contribution in [0.1, 0.15) is 25.0 Å². The molecule has 1 fully saturated rings. The third-order valence-electron chi connectivity index (χ3n) is 4.20.